The van der Waals surface area contributed by atoms with Gasteiger partial charge in [0.1, 0.15) is 18.4 Å². The quantitative estimate of drug-likeness (QED) is 0.325. The highest BCUT2D eigenvalue weighted by Crippen LogP contribution is 2.13. The van der Waals surface area contributed by atoms with E-state index in [9.17, 15) is 9.59 Å². The van der Waals surface area contributed by atoms with Crippen molar-refractivity contribution >= 4 is 11.8 Å². The Kier molecular flexibility index (Phi) is 7.58. The fraction of sp³-hybridized carbons (Fsp3) is 0.400. The molecular formula is C20H25N3O5. The third-order valence-electron chi connectivity index (χ3n) is 4.03. The molecule has 8 nitrogen and oxygen atoms in total. The maximum absolute atomic E-state index is 12.4. The van der Waals surface area contributed by atoms with Crippen LogP contribution in [0.25, 0.3) is 0 Å². The second-order valence-corrected chi connectivity index (χ2v) is 6.87. The first-order valence-electron chi connectivity index (χ1n) is 8.83. The van der Waals surface area contributed by atoms with Gasteiger partial charge in [0.2, 0.25) is 0 Å². The molecule has 5 N–H and O–H groups in total. The van der Waals surface area contributed by atoms with Gasteiger partial charge in [-0.2, -0.15) is 0 Å². The number of hydrogen-bond donors (Lipinski definition) is 4. The van der Waals surface area contributed by atoms with E-state index in [4.69, 9.17) is 20.4 Å². The van der Waals surface area contributed by atoms with Crippen LogP contribution in [-0.2, 0) is 9.53 Å². The standard InChI is InChI=1S/C20H25N3O5/c1-20(2,21)17(19(25)23-26)22-18(24)15-5-7-16(8-6-15)28-11-3-4-14-9-12-27-13-10-14/h5-9,17,26H,10-13,21H2,1-2H3,(H,22,24)(H,23,25). The Labute approximate surface area is 164 Å². The van der Waals surface area contributed by atoms with Crippen molar-refractivity contribution in [3.63, 3.8) is 0 Å². The van der Waals surface area contributed by atoms with Gasteiger partial charge in [0.25, 0.3) is 11.8 Å². The van der Waals surface area contributed by atoms with Crippen LogP contribution in [0.3, 0.4) is 0 Å². The van der Waals surface area contributed by atoms with Crippen molar-refractivity contribution in [2.24, 2.45) is 5.73 Å². The Morgan fingerprint density at radius 2 is 2.07 bits per heavy atom. The van der Waals surface area contributed by atoms with Crippen LogP contribution in [0.15, 0.2) is 35.9 Å². The first-order chi connectivity index (χ1) is 13.3. The molecule has 2 rings (SSSR count). The van der Waals surface area contributed by atoms with E-state index >= 15 is 0 Å². The van der Waals surface area contributed by atoms with Gasteiger partial charge in [-0.1, -0.05) is 11.8 Å². The van der Waals surface area contributed by atoms with Crippen molar-refractivity contribution in [1.29, 1.82) is 0 Å². The summed E-state index contributed by atoms with van der Waals surface area (Å²) in [7, 11) is 0. The van der Waals surface area contributed by atoms with Crippen molar-refractivity contribution < 1.29 is 24.3 Å². The van der Waals surface area contributed by atoms with Crippen LogP contribution in [0.5, 0.6) is 5.75 Å². The predicted octanol–water partition coefficient (Wildman–Crippen LogP) is 0.757. The number of benzene rings is 1. The highest BCUT2D eigenvalue weighted by atomic mass is 16.5. The first-order valence-corrected chi connectivity index (χ1v) is 8.83. The summed E-state index contributed by atoms with van der Waals surface area (Å²) in [6.45, 7) is 4.65. The molecule has 0 aromatic heterocycles. The average Bonchev–Trinajstić information content (AvgIpc) is 2.69. The molecule has 1 aliphatic heterocycles. The van der Waals surface area contributed by atoms with E-state index < -0.39 is 23.4 Å². The molecule has 1 unspecified atom stereocenters. The normalized spacial score (nSPS) is 14.8. The Morgan fingerprint density at radius 1 is 1.36 bits per heavy atom. The van der Waals surface area contributed by atoms with E-state index in [-0.39, 0.29) is 6.61 Å². The smallest absolute Gasteiger partial charge is 0.267 e. The number of amides is 2. The maximum Gasteiger partial charge on any atom is 0.267 e. The Hall–Kier alpha value is -2.86. The van der Waals surface area contributed by atoms with Gasteiger partial charge in [0.15, 0.2) is 0 Å². The third kappa shape index (κ3) is 6.39. The number of rotatable bonds is 6. The number of hydroxylamine groups is 1. The molecule has 8 heteroatoms. The van der Waals surface area contributed by atoms with Crippen LogP contribution < -0.4 is 21.3 Å². The lowest BCUT2D eigenvalue weighted by molar-refractivity contribution is -0.132. The molecule has 0 bridgehead atoms. The average molecular weight is 387 g/mol. The van der Waals surface area contributed by atoms with Crippen molar-refractivity contribution in [3.8, 4) is 17.6 Å². The van der Waals surface area contributed by atoms with E-state index in [1.807, 2.05) is 6.08 Å². The number of hydrogen-bond acceptors (Lipinski definition) is 6. The van der Waals surface area contributed by atoms with E-state index in [0.29, 0.717) is 24.5 Å². The van der Waals surface area contributed by atoms with Gasteiger partial charge >= 0.3 is 0 Å². The van der Waals surface area contributed by atoms with Gasteiger partial charge in [-0.3, -0.25) is 14.8 Å². The number of carbonyl (C=O) groups is 2. The molecule has 0 saturated heterocycles. The van der Waals surface area contributed by atoms with Crippen molar-refractivity contribution in [2.75, 3.05) is 19.8 Å². The molecule has 1 atom stereocenters. The van der Waals surface area contributed by atoms with Crippen molar-refractivity contribution in [1.82, 2.24) is 10.8 Å². The third-order valence-corrected chi connectivity index (χ3v) is 4.03. The maximum atomic E-state index is 12.4. The Bertz CT molecular complexity index is 785. The number of carbonyl (C=O) groups excluding carboxylic acids is 2. The largest absolute Gasteiger partial charge is 0.481 e. The summed E-state index contributed by atoms with van der Waals surface area (Å²) in [6.07, 6.45) is 2.77. The second-order valence-electron chi connectivity index (χ2n) is 6.87. The van der Waals surface area contributed by atoms with Crippen LogP contribution in [0.4, 0.5) is 0 Å². The fourth-order valence-corrected chi connectivity index (χ4v) is 2.48. The summed E-state index contributed by atoms with van der Waals surface area (Å²) in [4.78, 5) is 24.1. The number of nitrogens with one attached hydrogen (secondary N) is 2. The molecule has 0 fully saturated rings. The van der Waals surface area contributed by atoms with Gasteiger partial charge < -0.3 is 20.5 Å². The molecular weight excluding hydrogens is 362 g/mol. The van der Waals surface area contributed by atoms with E-state index in [1.54, 1.807) is 38.1 Å². The van der Waals surface area contributed by atoms with E-state index in [1.165, 1.54) is 5.48 Å². The summed E-state index contributed by atoms with van der Waals surface area (Å²) >= 11 is 0. The van der Waals surface area contributed by atoms with Gasteiger partial charge in [-0.15, -0.1) is 0 Å². The molecule has 0 aliphatic carbocycles. The lowest BCUT2D eigenvalue weighted by Crippen LogP contribution is -2.61. The van der Waals surface area contributed by atoms with Gasteiger partial charge in [-0.05, 0) is 44.2 Å². The van der Waals surface area contributed by atoms with Crippen LogP contribution in [0.2, 0.25) is 0 Å². The van der Waals surface area contributed by atoms with Crippen molar-refractivity contribution in [3.05, 3.63) is 41.5 Å². The predicted molar refractivity (Wildman–Crippen MR) is 103 cm³/mol. The molecule has 0 saturated carbocycles. The molecule has 1 aliphatic rings. The van der Waals surface area contributed by atoms with Crippen molar-refractivity contribution in [2.45, 2.75) is 31.8 Å². The van der Waals surface area contributed by atoms with E-state index in [0.717, 1.165) is 12.0 Å². The van der Waals surface area contributed by atoms with E-state index in [2.05, 4.69) is 17.2 Å². The summed E-state index contributed by atoms with van der Waals surface area (Å²) in [5.41, 5.74) is 7.72. The molecule has 1 heterocycles. The minimum absolute atomic E-state index is 0.226. The Morgan fingerprint density at radius 3 is 2.64 bits per heavy atom. The minimum Gasteiger partial charge on any atom is -0.481 e. The highest BCUT2D eigenvalue weighted by Gasteiger charge is 2.33. The lowest BCUT2D eigenvalue weighted by Gasteiger charge is -2.29. The monoisotopic (exact) mass is 387 g/mol. The van der Waals surface area contributed by atoms with Gasteiger partial charge in [-0.25, -0.2) is 5.48 Å². The summed E-state index contributed by atoms with van der Waals surface area (Å²) in [5, 5.41) is 11.3. The second kappa shape index (κ2) is 9.90. The minimum atomic E-state index is -1.10. The molecule has 28 heavy (non-hydrogen) atoms. The highest BCUT2D eigenvalue weighted by molar-refractivity contribution is 5.97. The van der Waals surface area contributed by atoms with Crippen LogP contribution in [0, 0.1) is 11.8 Å². The first kappa shape index (κ1) is 21.4. The summed E-state index contributed by atoms with van der Waals surface area (Å²) in [6, 6.07) is 5.31. The lowest BCUT2D eigenvalue weighted by atomic mass is 9.95. The fourth-order valence-electron chi connectivity index (χ4n) is 2.48. The SMILES string of the molecule is CC(C)(N)C(NC(=O)c1ccc(OCC#CC2=CCOCC2)cc1)C(=O)NO. The van der Waals surface area contributed by atoms with Crippen LogP contribution in [0.1, 0.15) is 30.6 Å². The summed E-state index contributed by atoms with van der Waals surface area (Å²) in [5.74, 6) is 5.27. The number of ether oxygens (including phenoxy) is 2. The zero-order valence-electron chi connectivity index (χ0n) is 16.0. The van der Waals surface area contributed by atoms with Gasteiger partial charge in [0, 0.05) is 23.1 Å². The van der Waals surface area contributed by atoms with Crippen LogP contribution in [-0.4, -0.2) is 48.4 Å². The molecule has 1 aromatic rings. The van der Waals surface area contributed by atoms with Crippen LogP contribution >= 0.6 is 0 Å². The molecule has 0 spiro atoms. The topological polar surface area (TPSA) is 123 Å². The zero-order chi connectivity index (χ0) is 20.6. The zero-order valence-corrected chi connectivity index (χ0v) is 16.0. The molecule has 2 amide bonds. The molecule has 150 valence electrons. The Balaban J connectivity index is 1.92. The van der Waals surface area contributed by atoms with Gasteiger partial charge in [0.05, 0.1) is 13.2 Å². The molecule has 0 radical (unpaired) electrons. The number of nitrogens with two attached hydrogens (primary N) is 1. The molecule has 1 aromatic carbocycles. The summed E-state index contributed by atoms with van der Waals surface area (Å²) < 4.78 is 10.8.